The average molecular weight is 286 g/mol. The van der Waals surface area contributed by atoms with Crippen LogP contribution in [0.4, 0.5) is 0 Å². The molecule has 1 aliphatic rings. The highest BCUT2D eigenvalue weighted by Crippen LogP contribution is 2.37. The van der Waals surface area contributed by atoms with Crippen LogP contribution in [-0.2, 0) is 21.7 Å². The van der Waals surface area contributed by atoms with E-state index in [1.54, 1.807) is 0 Å². The average Bonchev–Trinajstić information content (AvgIpc) is 2.94. The first-order valence-electron chi connectivity index (χ1n) is 6.84. The Kier molecular flexibility index (Phi) is 4.10. The summed E-state index contributed by atoms with van der Waals surface area (Å²) in [4.78, 5) is 0. The van der Waals surface area contributed by atoms with Crippen LogP contribution in [0.25, 0.3) is 0 Å². The molecular weight excluding hydrogens is 268 g/mol. The van der Waals surface area contributed by atoms with Crippen molar-refractivity contribution in [3.63, 3.8) is 0 Å². The van der Waals surface area contributed by atoms with E-state index in [0.29, 0.717) is 18.8 Å². The lowest BCUT2D eigenvalue weighted by atomic mass is 9.97. The number of benzene rings is 2. The summed E-state index contributed by atoms with van der Waals surface area (Å²) in [5.41, 5.74) is 2.27. The van der Waals surface area contributed by atoms with Crippen LogP contribution in [0.1, 0.15) is 11.1 Å². The molecule has 0 aromatic heterocycles. The molecule has 0 radical (unpaired) electrons. The van der Waals surface area contributed by atoms with Crippen molar-refractivity contribution >= 4 is 12.6 Å². The molecule has 104 valence electrons. The van der Waals surface area contributed by atoms with Crippen LogP contribution in [-0.4, -0.2) is 18.5 Å². The zero-order valence-corrected chi connectivity index (χ0v) is 12.1. The van der Waals surface area contributed by atoms with E-state index in [9.17, 15) is 0 Å². The molecule has 1 fully saturated rings. The normalized spacial score (nSPS) is 25.8. The van der Waals surface area contributed by atoms with Crippen LogP contribution in [0.5, 0.6) is 0 Å². The van der Waals surface area contributed by atoms with Crippen LogP contribution >= 0.6 is 12.6 Å². The maximum atomic E-state index is 6.19. The van der Waals surface area contributed by atoms with Gasteiger partial charge in [0, 0.05) is 17.7 Å². The van der Waals surface area contributed by atoms with Gasteiger partial charge in [-0.15, -0.1) is 0 Å². The van der Waals surface area contributed by atoms with Crippen molar-refractivity contribution in [3.05, 3.63) is 71.8 Å². The van der Waals surface area contributed by atoms with E-state index < -0.39 is 5.79 Å². The highest BCUT2D eigenvalue weighted by Gasteiger charge is 2.42. The molecule has 1 aliphatic heterocycles. The largest absolute Gasteiger partial charge is 0.343 e. The van der Waals surface area contributed by atoms with Crippen molar-refractivity contribution in [3.8, 4) is 0 Å². The Labute approximate surface area is 125 Å². The van der Waals surface area contributed by atoms with Crippen LogP contribution in [0.2, 0.25) is 0 Å². The van der Waals surface area contributed by atoms with Gasteiger partial charge in [-0.3, -0.25) is 0 Å². The molecule has 0 spiro atoms. The maximum absolute atomic E-state index is 6.19. The monoisotopic (exact) mass is 286 g/mol. The molecule has 0 aliphatic carbocycles. The van der Waals surface area contributed by atoms with Crippen LogP contribution < -0.4 is 0 Å². The van der Waals surface area contributed by atoms with Gasteiger partial charge in [0.25, 0.3) is 0 Å². The summed E-state index contributed by atoms with van der Waals surface area (Å²) in [6.07, 6.45) is 0.754. The molecule has 0 amide bonds. The molecule has 0 saturated carbocycles. The summed E-state index contributed by atoms with van der Waals surface area (Å²) in [6.45, 7) is 0.589. The van der Waals surface area contributed by atoms with Crippen LogP contribution in [0, 0.1) is 0 Å². The molecule has 1 saturated heterocycles. The van der Waals surface area contributed by atoms with Crippen LogP contribution in [0.15, 0.2) is 60.7 Å². The first-order chi connectivity index (χ1) is 9.82. The number of hydrogen-bond donors (Lipinski definition) is 1. The van der Waals surface area contributed by atoms with Crippen molar-refractivity contribution in [1.82, 2.24) is 0 Å². The SMILES string of the molecule is SCC1COC(Cc2ccccc2)(c2ccccc2)O1. The molecule has 2 aromatic rings. The highest BCUT2D eigenvalue weighted by molar-refractivity contribution is 7.80. The van der Waals surface area contributed by atoms with Crippen molar-refractivity contribution in [1.29, 1.82) is 0 Å². The first kappa shape index (κ1) is 13.7. The summed E-state index contributed by atoms with van der Waals surface area (Å²) in [5.74, 6) is -0.0145. The Hall–Kier alpha value is -1.29. The second-order valence-corrected chi connectivity index (χ2v) is 5.38. The van der Waals surface area contributed by atoms with Gasteiger partial charge >= 0.3 is 0 Å². The summed E-state index contributed by atoms with van der Waals surface area (Å²) in [6, 6.07) is 20.5. The predicted molar refractivity (Wildman–Crippen MR) is 82.9 cm³/mol. The van der Waals surface area contributed by atoms with E-state index in [4.69, 9.17) is 9.47 Å². The molecule has 0 bridgehead atoms. The Morgan fingerprint density at radius 2 is 1.65 bits per heavy atom. The van der Waals surface area contributed by atoms with Gasteiger partial charge in [-0.05, 0) is 5.56 Å². The fourth-order valence-electron chi connectivity index (χ4n) is 2.56. The van der Waals surface area contributed by atoms with Gasteiger partial charge in [0.2, 0.25) is 0 Å². The third kappa shape index (κ3) is 2.75. The number of rotatable bonds is 4. The highest BCUT2D eigenvalue weighted by atomic mass is 32.1. The van der Waals surface area contributed by atoms with Gasteiger partial charge in [-0.2, -0.15) is 12.6 Å². The topological polar surface area (TPSA) is 18.5 Å². The molecule has 20 heavy (non-hydrogen) atoms. The van der Waals surface area contributed by atoms with Gasteiger partial charge in [-0.1, -0.05) is 60.7 Å². The third-order valence-corrected chi connectivity index (χ3v) is 3.96. The quantitative estimate of drug-likeness (QED) is 0.868. The second-order valence-electron chi connectivity index (χ2n) is 5.01. The van der Waals surface area contributed by atoms with Crippen molar-refractivity contribution in [2.75, 3.05) is 12.4 Å². The summed E-state index contributed by atoms with van der Waals surface area (Å²) >= 11 is 4.33. The minimum atomic E-state index is -0.685. The van der Waals surface area contributed by atoms with Crippen molar-refractivity contribution in [2.24, 2.45) is 0 Å². The summed E-state index contributed by atoms with van der Waals surface area (Å²) < 4.78 is 12.3. The molecule has 2 atom stereocenters. The Morgan fingerprint density at radius 1 is 1.00 bits per heavy atom. The fourth-order valence-corrected chi connectivity index (χ4v) is 2.74. The summed E-state index contributed by atoms with van der Waals surface area (Å²) in [5, 5.41) is 0. The lowest BCUT2D eigenvalue weighted by Gasteiger charge is -2.28. The van der Waals surface area contributed by atoms with E-state index >= 15 is 0 Å². The van der Waals surface area contributed by atoms with Gasteiger partial charge in [-0.25, -0.2) is 0 Å². The molecular formula is C17H18O2S. The Morgan fingerprint density at radius 3 is 2.25 bits per heavy atom. The van der Waals surface area contributed by atoms with Gasteiger partial charge in [0.15, 0.2) is 5.79 Å². The molecule has 2 aromatic carbocycles. The number of hydrogen-bond acceptors (Lipinski definition) is 3. The first-order valence-corrected chi connectivity index (χ1v) is 7.48. The van der Waals surface area contributed by atoms with E-state index in [0.717, 1.165) is 5.56 Å². The summed E-state index contributed by atoms with van der Waals surface area (Å²) in [7, 11) is 0. The standard InChI is InChI=1S/C17H18O2S/c20-13-16-12-18-17(19-16,15-9-5-2-6-10-15)11-14-7-3-1-4-8-14/h1-10,16,20H,11-13H2. The minimum absolute atomic E-state index is 0.0438. The number of thiol groups is 1. The molecule has 0 N–H and O–H groups in total. The second kappa shape index (κ2) is 6.00. The molecule has 2 nitrogen and oxygen atoms in total. The van der Waals surface area contributed by atoms with Crippen molar-refractivity contribution < 1.29 is 9.47 Å². The predicted octanol–water partition coefficient (Wildman–Crippen LogP) is 3.43. The molecule has 3 heteroatoms. The van der Waals surface area contributed by atoms with E-state index in [2.05, 4.69) is 36.9 Å². The van der Waals surface area contributed by atoms with E-state index in [-0.39, 0.29) is 6.10 Å². The number of ether oxygens (including phenoxy) is 2. The Balaban J connectivity index is 1.93. The third-order valence-electron chi connectivity index (χ3n) is 3.56. The molecule has 2 unspecified atom stereocenters. The lowest BCUT2D eigenvalue weighted by molar-refractivity contribution is -0.173. The molecule has 1 heterocycles. The minimum Gasteiger partial charge on any atom is -0.343 e. The zero-order valence-electron chi connectivity index (χ0n) is 11.2. The maximum Gasteiger partial charge on any atom is 0.199 e. The Bertz CT molecular complexity index is 543. The van der Waals surface area contributed by atoms with E-state index in [1.807, 2.05) is 36.4 Å². The van der Waals surface area contributed by atoms with Crippen LogP contribution in [0.3, 0.4) is 0 Å². The van der Waals surface area contributed by atoms with Gasteiger partial charge < -0.3 is 9.47 Å². The van der Waals surface area contributed by atoms with Gasteiger partial charge in [0.05, 0.1) is 12.7 Å². The smallest absolute Gasteiger partial charge is 0.199 e. The van der Waals surface area contributed by atoms with Crippen molar-refractivity contribution in [2.45, 2.75) is 18.3 Å². The zero-order chi connectivity index (χ0) is 13.8. The lowest BCUT2D eigenvalue weighted by Crippen LogP contribution is -2.31. The van der Waals surface area contributed by atoms with E-state index in [1.165, 1.54) is 5.56 Å². The fraction of sp³-hybridized carbons (Fsp3) is 0.294. The molecule has 3 rings (SSSR count). The van der Waals surface area contributed by atoms with Gasteiger partial charge in [0.1, 0.15) is 0 Å².